The van der Waals surface area contributed by atoms with E-state index in [1.165, 1.54) is 6.07 Å². The molecule has 2 aromatic carbocycles. The van der Waals surface area contributed by atoms with Gasteiger partial charge in [-0.25, -0.2) is 0 Å². The summed E-state index contributed by atoms with van der Waals surface area (Å²) in [6.45, 7) is 1.26. The third-order valence-corrected chi connectivity index (χ3v) is 3.45. The highest BCUT2D eigenvalue weighted by Gasteiger charge is 2.15. The maximum atomic E-state index is 12.3. The lowest BCUT2D eigenvalue weighted by Gasteiger charge is -2.20. The molecule has 0 saturated heterocycles. The van der Waals surface area contributed by atoms with E-state index in [4.69, 9.17) is 0 Å². The number of alkyl halides is 2. The van der Waals surface area contributed by atoms with Gasteiger partial charge in [0.2, 0.25) is 0 Å². The number of aryl methyl sites for hydroxylation is 2. The van der Waals surface area contributed by atoms with Crippen LogP contribution in [0.15, 0.2) is 42.5 Å². The number of benzene rings is 2. The lowest BCUT2D eigenvalue weighted by atomic mass is 9.93. The zero-order valence-corrected chi connectivity index (χ0v) is 12.4. The van der Waals surface area contributed by atoms with E-state index in [2.05, 4.69) is 28.3 Å². The molecule has 0 saturated carbocycles. The predicted molar refractivity (Wildman–Crippen MR) is 79.9 cm³/mol. The number of halogens is 2. The summed E-state index contributed by atoms with van der Waals surface area (Å²) in [6.07, 6.45) is 0. The highest BCUT2D eigenvalue weighted by molar-refractivity contribution is 5.41. The first kappa shape index (κ1) is 15.4. The molecule has 2 rings (SSSR count). The van der Waals surface area contributed by atoms with Gasteiger partial charge in [-0.15, -0.1) is 0 Å². The molecule has 0 aromatic heterocycles. The molecule has 4 heteroatoms. The van der Waals surface area contributed by atoms with E-state index in [1.807, 2.05) is 27.0 Å². The SMILES string of the molecule is CNC(c1cccc(OC(F)F)c1)c1cc(C)ccc1C. The summed E-state index contributed by atoms with van der Waals surface area (Å²) in [6, 6.07) is 13.0. The van der Waals surface area contributed by atoms with E-state index in [0.29, 0.717) is 0 Å². The Hall–Kier alpha value is -1.94. The van der Waals surface area contributed by atoms with E-state index in [9.17, 15) is 8.78 Å². The van der Waals surface area contributed by atoms with Crippen molar-refractivity contribution in [1.82, 2.24) is 5.32 Å². The Balaban J connectivity index is 2.39. The van der Waals surface area contributed by atoms with Gasteiger partial charge in [0.25, 0.3) is 0 Å². The lowest BCUT2D eigenvalue weighted by Crippen LogP contribution is -2.19. The number of hydrogen-bond acceptors (Lipinski definition) is 2. The molecule has 21 heavy (non-hydrogen) atoms. The summed E-state index contributed by atoms with van der Waals surface area (Å²) in [7, 11) is 1.85. The van der Waals surface area contributed by atoms with Crippen LogP contribution in [0.5, 0.6) is 5.75 Å². The van der Waals surface area contributed by atoms with E-state index in [1.54, 1.807) is 12.1 Å². The second-order valence-corrected chi connectivity index (χ2v) is 5.03. The van der Waals surface area contributed by atoms with Gasteiger partial charge in [-0.2, -0.15) is 8.78 Å². The van der Waals surface area contributed by atoms with Gasteiger partial charge in [0, 0.05) is 0 Å². The second kappa shape index (κ2) is 6.68. The molecule has 0 aliphatic heterocycles. The van der Waals surface area contributed by atoms with Gasteiger partial charge < -0.3 is 10.1 Å². The molecule has 2 aromatic rings. The van der Waals surface area contributed by atoms with Crippen molar-refractivity contribution < 1.29 is 13.5 Å². The second-order valence-electron chi connectivity index (χ2n) is 5.03. The first-order valence-electron chi connectivity index (χ1n) is 6.80. The molecule has 2 nitrogen and oxygen atoms in total. The zero-order valence-electron chi connectivity index (χ0n) is 12.4. The van der Waals surface area contributed by atoms with E-state index >= 15 is 0 Å². The van der Waals surface area contributed by atoms with Crippen LogP contribution in [0.4, 0.5) is 8.78 Å². The predicted octanol–water partition coefficient (Wildman–Crippen LogP) is 4.21. The molecule has 0 aliphatic rings. The van der Waals surface area contributed by atoms with E-state index < -0.39 is 6.61 Å². The standard InChI is InChI=1S/C17H19F2NO/c1-11-7-8-12(2)15(9-11)16(20-3)13-5-4-6-14(10-13)21-17(18)19/h4-10,16-17,20H,1-3H3. The summed E-state index contributed by atoms with van der Waals surface area (Å²) in [5.41, 5.74) is 4.34. The van der Waals surface area contributed by atoms with Gasteiger partial charge in [-0.1, -0.05) is 35.9 Å². The molecule has 0 radical (unpaired) electrons. The van der Waals surface area contributed by atoms with Crippen molar-refractivity contribution in [1.29, 1.82) is 0 Å². The largest absolute Gasteiger partial charge is 0.435 e. The molecule has 0 bridgehead atoms. The Labute approximate surface area is 123 Å². The summed E-state index contributed by atoms with van der Waals surface area (Å²) in [4.78, 5) is 0. The molecular weight excluding hydrogens is 272 g/mol. The van der Waals surface area contributed by atoms with Crippen LogP contribution in [-0.2, 0) is 0 Å². The molecule has 0 amide bonds. The Morgan fingerprint density at radius 1 is 1.05 bits per heavy atom. The van der Waals surface area contributed by atoms with Crippen LogP contribution in [-0.4, -0.2) is 13.7 Å². The minimum Gasteiger partial charge on any atom is -0.435 e. The maximum Gasteiger partial charge on any atom is 0.387 e. The van der Waals surface area contributed by atoms with Crippen molar-refractivity contribution in [2.75, 3.05) is 7.05 Å². The first-order chi connectivity index (χ1) is 10.0. The van der Waals surface area contributed by atoms with Crippen LogP contribution in [0.3, 0.4) is 0 Å². The van der Waals surface area contributed by atoms with Crippen LogP contribution in [0.2, 0.25) is 0 Å². The molecule has 0 heterocycles. The minimum atomic E-state index is -2.81. The molecule has 1 unspecified atom stereocenters. The average molecular weight is 291 g/mol. The van der Waals surface area contributed by atoms with Crippen molar-refractivity contribution in [2.45, 2.75) is 26.5 Å². The van der Waals surface area contributed by atoms with Gasteiger partial charge in [0.05, 0.1) is 6.04 Å². The van der Waals surface area contributed by atoms with Crippen LogP contribution < -0.4 is 10.1 Å². The van der Waals surface area contributed by atoms with Gasteiger partial charge in [0.15, 0.2) is 0 Å². The Morgan fingerprint density at radius 3 is 2.48 bits per heavy atom. The van der Waals surface area contributed by atoms with Crippen molar-refractivity contribution >= 4 is 0 Å². The summed E-state index contributed by atoms with van der Waals surface area (Å²) in [5, 5.41) is 3.24. The highest BCUT2D eigenvalue weighted by Crippen LogP contribution is 2.28. The molecule has 0 fully saturated rings. The minimum absolute atomic E-state index is 0.0638. The van der Waals surface area contributed by atoms with Crippen LogP contribution in [0.25, 0.3) is 0 Å². The monoisotopic (exact) mass is 291 g/mol. The molecule has 112 valence electrons. The van der Waals surface area contributed by atoms with Gasteiger partial charge >= 0.3 is 6.61 Å². The van der Waals surface area contributed by atoms with Gasteiger partial charge in [0.1, 0.15) is 5.75 Å². The van der Waals surface area contributed by atoms with E-state index in [0.717, 1.165) is 22.3 Å². The first-order valence-corrected chi connectivity index (χ1v) is 6.80. The number of ether oxygens (including phenoxy) is 1. The summed E-state index contributed by atoms with van der Waals surface area (Å²) in [5.74, 6) is 0.174. The molecular formula is C17H19F2NO. The third kappa shape index (κ3) is 3.79. The summed E-state index contributed by atoms with van der Waals surface area (Å²) < 4.78 is 29.2. The van der Waals surface area contributed by atoms with Crippen LogP contribution >= 0.6 is 0 Å². The van der Waals surface area contributed by atoms with Crippen LogP contribution in [0, 0.1) is 13.8 Å². The highest BCUT2D eigenvalue weighted by atomic mass is 19.3. The Morgan fingerprint density at radius 2 is 1.81 bits per heavy atom. The van der Waals surface area contributed by atoms with Crippen molar-refractivity contribution in [3.05, 3.63) is 64.7 Å². The third-order valence-electron chi connectivity index (χ3n) is 3.45. The van der Waals surface area contributed by atoms with Crippen molar-refractivity contribution in [2.24, 2.45) is 0 Å². The van der Waals surface area contributed by atoms with E-state index in [-0.39, 0.29) is 11.8 Å². The summed E-state index contributed by atoms with van der Waals surface area (Å²) >= 11 is 0. The fraction of sp³-hybridized carbons (Fsp3) is 0.294. The van der Waals surface area contributed by atoms with Crippen molar-refractivity contribution in [3.63, 3.8) is 0 Å². The smallest absolute Gasteiger partial charge is 0.387 e. The number of rotatable bonds is 5. The quantitative estimate of drug-likeness (QED) is 0.891. The lowest BCUT2D eigenvalue weighted by molar-refractivity contribution is -0.0498. The zero-order chi connectivity index (χ0) is 15.4. The Bertz CT molecular complexity index is 613. The van der Waals surface area contributed by atoms with Gasteiger partial charge in [-0.05, 0) is 49.7 Å². The van der Waals surface area contributed by atoms with Crippen LogP contribution in [0.1, 0.15) is 28.3 Å². The topological polar surface area (TPSA) is 21.3 Å². The molecule has 0 aliphatic carbocycles. The van der Waals surface area contributed by atoms with Gasteiger partial charge in [-0.3, -0.25) is 0 Å². The maximum absolute atomic E-state index is 12.3. The normalized spacial score (nSPS) is 12.5. The fourth-order valence-electron chi connectivity index (χ4n) is 2.44. The fourth-order valence-corrected chi connectivity index (χ4v) is 2.44. The average Bonchev–Trinajstić information content (AvgIpc) is 2.43. The van der Waals surface area contributed by atoms with Crippen molar-refractivity contribution in [3.8, 4) is 5.75 Å². The Kier molecular flexibility index (Phi) is 4.91. The molecule has 0 spiro atoms. The number of nitrogens with one attached hydrogen (secondary N) is 1. The number of hydrogen-bond donors (Lipinski definition) is 1. The molecule has 1 atom stereocenters. The molecule has 1 N–H and O–H groups in total.